The Balaban J connectivity index is 1.41. The van der Waals surface area contributed by atoms with E-state index >= 15 is 0 Å². The van der Waals surface area contributed by atoms with E-state index in [1.54, 1.807) is 0 Å². The Kier molecular flexibility index (Phi) is 5.47. The van der Waals surface area contributed by atoms with E-state index in [0.717, 1.165) is 61.3 Å². The van der Waals surface area contributed by atoms with Crippen LogP contribution in [-0.2, 0) is 6.54 Å². The third kappa shape index (κ3) is 3.78. The van der Waals surface area contributed by atoms with Crippen molar-refractivity contribution >= 4 is 32.7 Å². The number of benzene rings is 2. The molecule has 0 unspecified atom stereocenters. The molecule has 2 aromatic carbocycles. The summed E-state index contributed by atoms with van der Waals surface area (Å²) < 4.78 is 9.17. The average molecular weight is 503 g/mol. The molecule has 186 valence electrons. The van der Waals surface area contributed by atoms with Crippen LogP contribution in [0.3, 0.4) is 0 Å². The molecule has 0 amide bonds. The molecule has 2 aromatic heterocycles. The Labute approximate surface area is 212 Å². The van der Waals surface area contributed by atoms with Crippen molar-refractivity contribution in [2.45, 2.75) is 57.5 Å². The number of aromatic amines is 1. The number of rotatable bonds is 2. The third-order valence-corrected chi connectivity index (χ3v) is 9.48. The van der Waals surface area contributed by atoms with Crippen molar-refractivity contribution in [3.05, 3.63) is 56.6 Å². The number of H-pyrrole nitrogens is 1. The van der Waals surface area contributed by atoms with Crippen LogP contribution in [0.15, 0.2) is 39.9 Å². The topological polar surface area (TPSA) is 80.2 Å². The molecule has 8 heteroatoms. The number of fused-ring (bicyclic) bond motifs is 6. The lowest BCUT2D eigenvalue weighted by molar-refractivity contribution is 0.220. The molecule has 7 nitrogen and oxygen atoms in total. The van der Waals surface area contributed by atoms with Gasteiger partial charge in [0.05, 0.1) is 22.2 Å². The lowest BCUT2D eigenvalue weighted by atomic mass is 10.0. The molecule has 0 spiro atoms. The standard InChI is InChI=1S/C28H30N4O3S/c33-27-24-20-5-4-6-21-26(20)36-32(28(21)34)19-8-7-17(13-19)9-12-35-23-15-18(14-22(29-27)25(23)30-24)16-31-10-2-1-3-11-31/h4-6,14-15,17,19H,1-3,7-13,16H2,(H,29,33)/t17-,19-/m0/s1. The number of hydrogen-bond donors (Lipinski definition) is 1. The number of hydrogen-bond acceptors (Lipinski definition) is 6. The zero-order chi connectivity index (χ0) is 24.2. The highest BCUT2D eigenvalue weighted by molar-refractivity contribution is 7.14. The summed E-state index contributed by atoms with van der Waals surface area (Å²) >= 11 is 1.49. The smallest absolute Gasteiger partial charge is 0.275 e. The number of piperidine rings is 1. The first-order chi connectivity index (χ1) is 17.6. The van der Waals surface area contributed by atoms with Crippen molar-refractivity contribution in [3.8, 4) is 17.0 Å². The van der Waals surface area contributed by atoms with Gasteiger partial charge in [0.2, 0.25) is 0 Å². The summed E-state index contributed by atoms with van der Waals surface area (Å²) in [6.07, 6.45) is 7.84. The highest BCUT2D eigenvalue weighted by Crippen LogP contribution is 2.40. The SMILES string of the molecule is O=c1[nH]c2cc(CN3CCCCC3)cc3c2nc1-c1cccc2c(=O)n(sc12)[C@H]1CC[C@@H](CCO3)C1. The molecule has 1 aliphatic carbocycles. The van der Waals surface area contributed by atoms with Crippen molar-refractivity contribution < 1.29 is 4.74 Å². The van der Waals surface area contributed by atoms with Crippen LogP contribution in [0, 0.1) is 5.92 Å². The van der Waals surface area contributed by atoms with Gasteiger partial charge in [-0.3, -0.25) is 18.4 Å². The fourth-order valence-electron chi connectivity index (χ4n) is 6.33. The molecule has 36 heavy (non-hydrogen) atoms. The summed E-state index contributed by atoms with van der Waals surface area (Å²) in [6.45, 7) is 3.67. The second-order valence-electron chi connectivity index (χ2n) is 10.6. The van der Waals surface area contributed by atoms with Gasteiger partial charge in [0.1, 0.15) is 17.0 Å². The van der Waals surface area contributed by atoms with Gasteiger partial charge in [0.25, 0.3) is 11.1 Å². The lowest BCUT2D eigenvalue weighted by Gasteiger charge is -2.26. The molecule has 1 saturated heterocycles. The number of likely N-dealkylation sites (tertiary alicyclic amines) is 1. The predicted molar refractivity (Wildman–Crippen MR) is 143 cm³/mol. The first-order valence-corrected chi connectivity index (χ1v) is 14.0. The molecule has 1 saturated carbocycles. The Morgan fingerprint density at radius 3 is 2.86 bits per heavy atom. The van der Waals surface area contributed by atoms with Gasteiger partial charge >= 0.3 is 0 Å². The number of aromatic nitrogens is 3. The minimum Gasteiger partial charge on any atom is -0.491 e. The van der Waals surface area contributed by atoms with Crippen LogP contribution in [-0.4, -0.2) is 38.5 Å². The largest absolute Gasteiger partial charge is 0.491 e. The minimum absolute atomic E-state index is 0.0499. The van der Waals surface area contributed by atoms with Gasteiger partial charge in [-0.05, 0) is 81.3 Å². The quantitative estimate of drug-likeness (QED) is 0.414. The fraction of sp³-hybridized carbons (Fsp3) is 0.464. The summed E-state index contributed by atoms with van der Waals surface area (Å²) in [6, 6.07) is 10.0. The summed E-state index contributed by atoms with van der Waals surface area (Å²) in [5.41, 5.74) is 3.40. The highest BCUT2D eigenvalue weighted by atomic mass is 32.1. The zero-order valence-electron chi connectivity index (χ0n) is 20.3. The molecule has 2 aliphatic heterocycles. The second-order valence-corrected chi connectivity index (χ2v) is 11.6. The average Bonchev–Trinajstić information content (AvgIpc) is 3.48. The van der Waals surface area contributed by atoms with Crippen molar-refractivity contribution in [2.24, 2.45) is 5.92 Å². The molecule has 3 aliphatic rings. The van der Waals surface area contributed by atoms with Gasteiger partial charge in [-0.25, -0.2) is 4.98 Å². The van der Waals surface area contributed by atoms with Gasteiger partial charge in [-0.15, -0.1) is 0 Å². The van der Waals surface area contributed by atoms with Gasteiger partial charge in [0, 0.05) is 18.2 Å². The monoisotopic (exact) mass is 502 g/mol. The molecule has 0 radical (unpaired) electrons. The van der Waals surface area contributed by atoms with Crippen LogP contribution >= 0.6 is 11.5 Å². The third-order valence-electron chi connectivity index (χ3n) is 8.20. The van der Waals surface area contributed by atoms with Gasteiger partial charge in [-0.1, -0.05) is 30.1 Å². The Morgan fingerprint density at radius 2 is 1.97 bits per heavy atom. The number of nitrogens with zero attached hydrogens (tertiary/aromatic N) is 3. The first-order valence-electron chi connectivity index (χ1n) is 13.2. The molecule has 7 rings (SSSR count). The lowest BCUT2D eigenvalue weighted by Crippen LogP contribution is -2.29. The zero-order valence-corrected chi connectivity index (χ0v) is 21.1. The molecule has 1 N–H and O–H groups in total. The van der Waals surface area contributed by atoms with E-state index in [0.29, 0.717) is 40.2 Å². The first kappa shape index (κ1) is 22.2. The summed E-state index contributed by atoms with van der Waals surface area (Å²) in [7, 11) is 0. The van der Waals surface area contributed by atoms with Gasteiger partial charge < -0.3 is 9.72 Å². The Hall–Kier alpha value is -2.97. The maximum Gasteiger partial charge on any atom is 0.275 e. The minimum atomic E-state index is -0.239. The Morgan fingerprint density at radius 1 is 1.08 bits per heavy atom. The van der Waals surface area contributed by atoms with Crippen molar-refractivity contribution in [1.82, 2.24) is 18.8 Å². The van der Waals surface area contributed by atoms with Crippen LogP contribution in [0.1, 0.15) is 56.6 Å². The van der Waals surface area contributed by atoms with Crippen LogP contribution in [0.2, 0.25) is 0 Å². The number of nitrogens with one attached hydrogen (secondary N) is 1. The maximum atomic E-state index is 13.4. The van der Waals surface area contributed by atoms with Crippen LogP contribution in [0.4, 0.5) is 0 Å². The Bertz CT molecular complexity index is 1580. The second kappa shape index (κ2) is 8.85. The van der Waals surface area contributed by atoms with Crippen LogP contribution < -0.4 is 15.9 Å². The van der Waals surface area contributed by atoms with E-state index in [1.165, 1.54) is 30.8 Å². The predicted octanol–water partition coefficient (Wildman–Crippen LogP) is 5.08. The summed E-state index contributed by atoms with van der Waals surface area (Å²) in [4.78, 5) is 37.1. The maximum absolute atomic E-state index is 13.4. The molecule has 2 fully saturated rings. The van der Waals surface area contributed by atoms with Crippen LogP contribution in [0.25, 0.3) is 32.4 Å². The summed E-state index contributed by atoms with van der Waals surface area (Å²) in [5, 5.41) is 0.672. The van der Waals surface area contributed by atoms with Crippen molar-refractivity contribution in [3.63, 3.8) is 0 Å². The van der Waals surface area contributed by atoms with E-state index in [-0.39, 0.29) is 17.2 Å². The number of ether oxygens (including phenoxy) is 1. The normalized spacial score (nSPS) is 22.3. The molecular weight excluding hydrogens is 472 g/mol. The summed E-state index contributed by atoms with van der Waals surface area (Å²) in [5.74, 6) is 1.28. The van der Waals surface area contributed by atoms with E-state index in [9.17, 15) is 9.59 Å². The van der Waals surface area contributed by atoms with Gasteiger partial charge in [0.15, 0.2) is 0 Å². The van der Waals surface area contributed by atoms with Gasteiger partial charge in [-0.2, -0.15) is 0 Å². The highest BCUT2D eigenvalue weighted by Gasteiger charge is 2.29. The molecule has 6 bridgehead atoms. The fourth-order valence-corrected chi connectivity index (χ4v) is 7.56. The van der Waals surface area contributed by atoms with E-state index in [2.05, 4.69) is 22.0 Å². The van der Waals surface area contributed by atoms with E-state index in [4.69, 9.17) is 9.72 Å². The van der Waals surface area contributed by atoms with Crippen molar-refractivity contribution in [2.75, 3.05) is 19.7 Å². The van der Waals surface area contributed by atoms with E-state index < -0.39 is 0 Å². The van der Waals surface area contributed by atoms with Crippen molar-refractivity contribution in [1.29, 1.82) is 0 Å². The van der Waals surface area contributed by atoms with E-state index in [1.807, 2.05) is 22.2 Å². The molecule has 4 heterocycles. The molecule has 4 aromatic rings. The molecule has 2 atom stereocenters. The molecular formula is C28H30N4O3S. The van der Waals surface area contributed by atoms with Crippen LogP contribution in [0.5, 0.6) is 5.75 Å².